The standard InChI is InChI=1S/C15H26N2O3/c1-11-7-12(2)10-17(9-11)15(20)16-5-3-13(4-6-16)8-14(18)19/h11-13H,3-10H2,1-2H3,(H,18,19). The second-order valence-electron chi connectivity index (χ2n) is 6.66. The van der Waals surface area contributed by atoms with E-state index < -0.39 is 5.97 Å². The van der Waals surface area contributed by atoms with E-state index in [1.807, 2.05) is 9.80 Å². The molecule has 2 heterocycles. The predicted octanol–water partition coefficient (Wildman–Crippen LogP) is 2.27. The summed E-state index contributed by atoms with van der Waals surface area (Å²) in [5, 5.41) is 8.81. The first kappa shape index (κ1) is 15.1. The molecule has 5 nitrogen and oxygen atoms in total. The molecule has 0 aromatic carbocycles. The lowest BCUT2D eigenvalue weighted by Crippen LogP contribution is -2.51. The Morgan fingerprint density at radius 1 is 1.05 bits per heavy atom. The van der Waals surface area contributed by atoms with Gasteiger partial charge in [-0.2, -0.15) is 0 Å². The molecule has 0 saturated carbocycles. The number of likely N-dealkylation sites (tertiary alicyclic amines) is 2. The van der Waals surface area contributed by atoms with E-state index in [9.17, 15) is 9.59 Å². The Kier molecular flexibility index (Phi) is 4.89. The highest BCUT2D eigenvalue weighted by Gasteiger charge is 2.31. The Labute approximate surface area is 120 Å². The lowest BCUT2D eigenvalue weighted by molar-refractivity contribution is -0.138. The van der Waals surface area contributed by atoms with E-state index in [0.29, 0.717) is 24.9 Å². The third-order valence-electron chi connectivity index (χ3n) is 4.49. The molecule has 114 valence electrons. The molecule has 20 heavy (non-hydrogen) atoms. The van der Waals surface area contributed by atoms with Crippen LogP contribution in [0.1, 0.15) is 39.5 Å². The van der Waals surface area contributed by atoms with Gasteiger partial charge in [0.15, 0.2) is 0 Å². The summed E-state index contributed by atoms with van der Waals surface area (Å²) in [5.74, 6) is 0.656. The maximum Gasteiger partial charge on any atom is 0.320 e. The second kappa shape index (κ2) is 6.46. The van der Waals surface area contributed by atoms with Gasteiger partial charge in [0.1, 0.15) is 0 Å². The lowest BCUT2D eigenvalue weighted by atomic mass is 9.91. The van der Waals surface area contributed by atoms with Crippen molar-refractivity contribution in [3.05, 3.63) is 0 Å². The van der Waals surface area contributed by atoms with E-state index in [-0.39, 0.29) is 18.4 Å². The van der Waals surface area contributed by atoms with E-state index in [4.69, 9.17) is 5.11 Å². The van der Waals surface area contributed by atoms with E-state index in [1.165, 1.54) is 6.42 Å². The van der Waals surface area contributed by atoms with Gasteiger partial charge in [-0.15, -0.1) is 0 Å². The minimum atomic E-state index is -0.728. The Bertz CT molecular complexity index is 354. The van der Waals surface area contributed by atoms with Gasteiger partial charge in [-0.05, 0) is 37.0 Å². The Hall–Kier alpha value is -1.26. The quantitative estimate of drug-likeness (QED) is 0.845. The number of hydrogen-bond donors (Lipinski definition) is 1. The fourth-order valence-electron chi connectivity index (χ4n) is 3.59. The summed E-state index contributed by atoms with van der Waals surface area (Å²) in [7, 11) is 0. The number of hydrogen-bond acceptors (Lipinski definition) is 2. The van der Waals surface area contributed by atoms with Crippen LogP contribution in [0, 0.1) is 17.8 Å². The molecule has 0 spiro atoms. The van der Waals surface area contributed by atoms with Crippen LogP contribution in [0.15, 0.2) is 0 Å². The number of piperidine rings is 2. The summed E-state index contributed by atoms with van der Waals surface area (Å²) >= 11 is 0. The monoisotopic (exact) mass is 282 g/mol. The first-order valence-electron chi connectivity index (χ1n) is 7.71. The largest absolute Gasteiger partial charge is 0.481 e. The summed E-state index contributed by atoms with van der Waals surface area (Å²) in [4.78, 5) is 27.1. The Morgan fingerprint density at radius 2 is 1.60 bits per heavy atom. The number of amides is 2. The van der Waals surface area contributed by atoms with Gasteiger partial charge in [0, 0.05) is 32.6 Å². The van der Waals surface area contributed by atoms with Gasteiger partial charge in [0.2, 0.25) is 0 Å². The summed E-state index contributed by atoms with van der Waals surface area (Å²) in [6.07, 6.45) is 3.07. The Balaban J connectivity index is 1.83. The number of carbonyl (C=O) groups excluding carboxylic acids is 1. The molecule has 0 aromatic heterocycles. The molecule has 0 aliphatic carbocycles. The average Bonchev–Trinajstić information content (AvgIpc) is 2.37. The van der Waals surface area contributed by atoms with Crippen molar-refractivity contribution in [2.45, 2.75) is 39.5 Å². The van der Waals surface area contributed by atoms with Crippen LogP contribution in [0.4, 0.5) is 4.79 Å². The van der Waals surface area contributed by atoms with Crippen LogP contribution in [-0.2, 0) is 4.79 Å². The van der Waals surface area contributed by atoms with Gasteiger partial charge in [0.05, 0.1) is 0 Å². The highest BCUT2D eigenvalue weighted by molar-refractivity contribution is 5.74. The second-order valence-corrected chi connectivity index (χ2v) is 6.66. The summed E-state index contributed by atoms with van der Waals surface area (Å²) in [6.45, 7) is 7.53. The number of aliphatic carboxylic acids is 1. The summed E-state index contributed by atoms with van der Waals surface area (Å²) in [5.41, 5.74) is 0. The minimum absolute atomic E-state index is 0.150. The van der Waals surface area contributed by atoms with Gasteiger partial charge in [-0.25, -0.2) is 4.79 Å². The van der Waals surface area contributed by atoms with Crippen molar-refractivity contribution < 1.29 is 14.7 Å². The van der Waals surface area contributed by atoms with Crippen molar-refractivity contribution in [2.75, 3.05) is 26.2 Å². The van der Waals surface area contributed by atoms with Gasteiger partial charge in [0.25, 0.3) is 0 Å². The van der Waals surface area contributed by atoms with Crippen LogP contribution in [0.25, 0.3) is 0 Å². The fourth-order valence-corrected chi connectivity index (χ4v) is 3.59. The van der Waals surface area contributed by atoms with Crippen molar-refractivity contribution in [1.29, 1.82) is 0 Å². The molecule has 2 unspecified atom stereocenters. The molecule has 2 rings (SSSR count). The van der Waals surface area contributed by atoms with E-state index in [2.05, 4.69) is 13.8 Å². The number of urea groups is 1. The van der Waals surface area contributed by atoms with Crippen LogP contribution in [-0.4, -0.2) is 53.1 Å². The summed E-state index contributed by atoms with van der Waals surface area (Å²) in [6, 6.07) is 0.150. The van der Waals surface area contributed by atoms with Crippen LogP contribution < -0.4 is 0 Å². The SMILES string of the molecule is CC1CC(C)CN(C(=O)N2CCC(CC(=O)O)CC2)C1. The zero-order valence-electron chi connectivity index (χ0n) is 12.5. The van der Waals surface area contributed by atoms with Gasteiger partial charge in [-0.1, -0.05) is 13.8 Å². The zero-order chi connectivity index (χ0) is 14.7. The maximum atomic E-state index is 12.5. The van der Waals surface area contributed by atoms with Crippen LogP contribution in [0.2, 0.25) is 0 Å². The van der Waals surface area contributed by atoms with Crippen LogP contribution in [0.3, 0.4) is 0 Å². The lowest BCUT2D eigenvalue weighted by Gasteiger charge is -2.40. The fraction of sp³-hybridized carbons (Fsp3) is 0.867. The van der Waals surface area contributed by atoms with E-state index in [1.54, 1.807) is 0 Å². The van der Waals surface area contributed by atoms with Crippen molar-refractivity contribution in [3.63, 3.8) is 0 Å². The molecule has 2 fully saturated rings. The molecule has 2 aliphatic heterocycles. The smallest absolute Gasteiger partial charge is 0.320 e. The third-order valence-corrected chi connectivity index (χ3v) is 4.49. The third kappa shape index (κ3) is 3.87. The number of nitrogens with zero attached hydrogens (tertiary/aromatic N) is 2. The molecule has 2 aliphatic rings. The predicted molar refractivity (Wildman–Crippen MR) is 76.5 cm³/mol. The van der Waals surface area contributed by atoms with E-state index >= 15 is 0 Å². The van der Waals surface area contributed by atoms with Gasteiger partial charge in [-0.3, -0.25) is 4.79 Å². The molecule has 2 atom stereocenters. The highest BCUT2D eigenvalue weighted by Crippen LogP contribution is 2.25. The van der Waals surface area contributed by atoms with Gasteiger partial charge < -0.3 is 14.9 Å². The molecule has 5 heteroatoms. The topological polar surface area (TPSA) is 60.9 Å². The minimum Gasteiger partial charge on any atom is -0.481 e. The molecule has 0 aromatic rings. The summed E-state index contributed by atoms with van der Waals surface area (Å²) < 4.78 is 0. The average molecular weight is 282 g/mol. The van der Waals surface area contributed by atoms with Crippen LogP contribution >= 0.6 is 0 Å². The van der Waals surface area contributed by atoms with Crippen molar-refractivity contribution in [2.24, 2.45) is 17.8 Å². The van der Waals surface area contributed by atoms with Crippen molar-refractivity contribution >= 4 is 12.0 Å². The van der Waals surface area contributed by atoms with Crippen molar-refractivity contribution in [1.82, 2.24) is 9.80 Å². The number of rotatable bonds is 2. The molecule has 2 saturated heterocycles. The molecular formula is C15H26N2O3. The molecule has 0 radical (unpaired) electrons. The number of carboxylic acid groups (broad SMARTS) is 1. The van der Waals surface area contributed by atoms with Gasteiger partial charge >= 0.3 is 12.0 Å². The first-order chi connectivity index (χ1) is 9.45. The van der Waals surface area contributed by atoms with E-state index in [0.717, 1.165) is 25.9 Å². The molecule has 1 N–H and O–H groups in total. The molecular weight excluding hydrogens is 256 g/mol. The van der Waals surface area contributed by atoms with Crippen LogP contribution in [0.5, 0.6) is 0 Å². The van der Waals surface area contributed by atoms with Crippen molar-refractivity contribution in [3.8, 4) is 0 Å². The highest BCUT2D eigenvalue weighted by atomic mass is 16.4. The molecule has 0 bridgehead atoms. The number of carbonyl (C=O) groups is 2. The first-order valence-corrected chi connectivity index (χ1v) is 7.71. The maximum absolute atomic E-state index is 12.5. The normalized spacial score (nSPS) is 28.5. The zero-order valence-corrected chi connectivity index (χ0v) is 12.5. The molecule has 2 amide bonds. The Morgan fingerprint density at radius 3 is 2.10 bits per heavy atom. The number of carboxylic acids is 1.